The van der Waals surface area contributed by atoms with Crippen molar-refractivity contribution in [1.29, 1.82) is 0 Å². The summed E-state index contributed by atoms with van der Waals surface area (Å²) in [5, 5.41) is 0. The highest BCUT2D eigenvalue weighted by Crippen LogP contribution is 2.19. The Bertz CT molecular complexity index is 249. The van der Waals surface area contributed by atoms with Crippen molar-refractivity contribution in [2.45, 2.75) is 51.6 Å². The maximum Gasteiger partial charge on any atom is 0.237 e. The van der Waals surface area contributed by atoms with E-state index in [1.54, 1.807) is 4.90 Å². The molecule has 1 amide bonds. The highest BCUT2D eigenvalue weighted by Gasteiger charge is 2.31. The molecule has 0 aliphatic heterocycles. The molecule has 0 bridgehead atoms. The Labute approximate surface area is 104 Å². The predicted molar refractivity (Wildman–Crippen MR) is 68.4 cm³/mol. The Morgan fingerprint density at radius 1 is 1.29 bits per heavy atom. The molecule has 0 aliphatic carbocycles. The number of amides is 1. The Morgan fingerprint density at radius 3 is 2.24 bits per heavy atom. The lowest BCUT2D eigenvalue weighted by molar-refractivity contribution is -0.141. The average Bonchev–Trinajstić information content (AvgIpc) is 2.25. The molecule has 0 aliphatic rings. The minimum atomic E-state index is -0.405. The molecule has 4 N–H and O–H groups in total. The van der Waals surface area contributed by atoms with E-state index in [1.807, 2.05) is 20.8 Å². The van der Waals surface area contributed by atoms with Gasteiger partial charge in [-0.15, -0.1) is 0 Å². The highest BCUT2D eigenvalue weighted by molar-refractivity contribution is 5.82. The largest absolute Gasteiger partial charge is 0.330 e. The van der Waals surface area contributed by atoms with Crippen LogP contribution in [0.2, 0.25) is 0 Å². The number of nitrogens with zero attached hydrogens (tertiary/aromatic N) is 1. The van der Waals surface area contributed by atoms with Crippen LogP contribution in [0.1, 0.15) is 40.0 Å². The molecule has 0 heterocycles. The van der Waals surface area contributed by atoms with Gasteiger partial charge in [0.05, 0.1) is 12.6 Å². The van der Waals surface area contributed by atoms with E-state index in [1.165, 1.54) is 0 Å². The molecule has 0 aromatic rings. The van der Waals surface area contributed by atoms with E-state index in [9.17, 15) is 9.59 Å². The minimum absolute atomic E-state index is 0.0709. The molecule has 1 atom stereocenters. The molecule has 5 nitrogen and oxygen atoms in total. The number of hydrogen-bond acceptors (Lipinski definition) is 4. The fourth-order valence-corrected chi connectivity index (χ4v) is 1.91. The number of unbranched alkanes of at least 4 members (excludes halogenated alkanes) is 1. The van der Waals surface area contributed by atoms with Gasteiger partial charge < -0.3 is 21.2 Å². The normalized spacial score (nSPS) is 13.2. The van der Waals surface area contributed by atoms with Crippen molar-refractivity contribution in [3.63, 3.8) is 0 Å². The van der Waals surface area contributed by atoms with Crippen LogP contribution in [0.4, 0.5) is 0 Å². The standard InChI is InChI=1S/C12H25N3O2/c1-12(2,3)15(11(17)8-14)10(9-16)6-4-5-7-13/h9-10H,4-8,13-14H2,1-3H3/t10-/m0/s1. The molecule has 5 heteroatoms. The van der Waals surface area contributed by atoms with Crippen LogP contribution in [0, 0.1) is 0 Å². The maximum absolute atomic E-state index is 11.8. The van der Waals surface area contributed by atoms with Crippen molar-refractivity contribution in [3.05, 3.63) is 0 Å². The van der Waals surface area contributed by atoms with Crippen LogP contribution >= 0.6 is 0 Å². The summed E-state index contributed by atoms with van der Waals surface area (Å²) in [7, 11) is 0. The molecule has 0 unspecified atom stereocenters. The van der Waals surface area contributed by atoms with Gasteiger partial charge in [-0.05, 0) is 46.6 Å². The first-order chi connectivity index (χ1) is 7.88. The van der Waals surface area contributed by atoms with Crippen molar-refractivity contribution in [2.75, 3.05) is 13.1 Å². The summed E-state index contributed by atoms with van der Waals surface area (Å²) < 4.78 is 0. The second-order valence-corrected chi connectivity index (χ2v) is 5.13. The lowest BCUT2D eigenvalue weighted by Crippen LogP contribution is -2.54. The summed E-state index contributed by atoms with van der Waals surface area (Å²) in [6.07, 6.45) is 3.17. The third kappa shape index (κ3) is 5.28. The van der Waals surface area contributed by atoms with Crippen LogP contribution in [0.25, 0.3) is 0 Å². The molecule has 0 spiro atoms. The lowest BCUT2D eigenvalue weighted by Gasteiger charge is -2.39. The molecule has 100 valence electrons. The van der Waals surface area contributed by atoms with E-state index < -0.39 is 11.6 Å². The van der Waals surface area contributed by atoms with Crippen LogP contribution in [0.15, 0.2) is 0 Å². The zero-order valence-electron chi connectivity index (χ0n) is 11.1. The van der Waals surface area contributed by atoms with E-state index in [4.69, 9.17) is 11.5 Å². The number of nitrogens with two attached hydrogens (primary N) is 2. The molecular formula is C12H25N3O2. The summed E-state index contributed by atoms with van der Waals surface area (Å²) in [4.78, 5) is 24.5. The number of rotatable bonds is 7. The summed E-state index contributed by atoms with van der Waals surface area (Å²) in [5.74, 6) is -0.192. The molecule has 0 radical (unpaired) electrons. The zero-order chi connectivity index (χ0) is 13.5. The van der Waals surface area contributed by atoms with Crippen molar-refractivity contribution in [3.8, 4) is 0 Å². The second kappa shape index (κ2) is 7.40. The summed E-state index contributed by atoms with van der Waals surface area (Å²) in [6, 6.07) is -0.405. The summed E-state index contributed by atoms with van der Waals surface area (Å²) in [6.45, 7) is 6.24. The van der Waals surface area contributed by atoms with Crippen LogP contribution in [-0.4, -0.2) is 41.8 Å². The monoisotopic (exact) mass is 243 g/mol. The molecule has 0 saturated heterocycles. The van der Waals surface area contributed by atoms with Gasteiger partial charge in [-0.1, -0.05) is 0 Å². The molecule has 17 heavy (non-hydrogen) atoms. The number of hydrogen-bond donors (Lipinski definition) is 2. The van der Waals surface area contributed by atoms with Gasteiger partial charge in [0, 0.05) is 5.54 Å². The minimum Gasteiger partial charge on any atom is -0.330 e. The second-order valence-electron chi connectivity index (χ2n) is 5.13. The first-order valence-electron chi connectivity index (χ1n) is 6.06. The Balaban J connectivity index is 4.74. The smallest absolute Gasteiger partial charge is 0.237 e. The molecular weight excluding hydrogens is 218 g/mol. The summed E-state index contributed by atoms with van der Waals surface area (Å²) >= 11 is 0. The first-order valence-corrected chi connectivity index (χ1v) is 6.06. The van der Waals surface area contributed by atoms with E-state index in [0.717, 1.165) is 19.1 Å². The number of carbonyl (C=O) groups excluding carboxylic acids is 2. The number of aldehydes is 1. The van der Waals surface area contributed by atoms with E-state index in [2.05, 4.69) is 0 Å². The summed E-state index contributed by atoms with van der Waals surface area (Å²) in [5.41, 5.74) is 10.4. The van der Waals surface area contributed by atoms with Crippen LogP contribution in [0.3, 0.4) is 0 Å². The molecule has 0 fully saturated rings. The van der Waals surface area contributed by atoms with E-state index in [0.29, 0.717) is 13.0 Å². The van der Waals surface area contributed by atoms with Crippen molar-refractivity contribution < 1.29 is 9.59 Å². The van der Waals surface area contributed by atoms with Gasteiger partial charge >= 0.3 is 0 Å². The first kappa shape index (κ1) is 16.1. The average molecular weight is 243 g/mol. The fraction of sp³-hybridized carbons (Fsp3) is 0.833. The van der Waals surface area contributed by atoms with Crippen molar-refractivity contribution in [2.24, 2.45) is 11.5 Å². The lowest BCUT2D eigenvalue weighted by atomic mass is 9.99. The Hall–Kier alpha value is -0.940. The molecule has 0 saturated carbocycles. The van der Waals surface area contributed by atoms with Gasteiger partial charge in [0.15, 0.2) is 0 Å². The van der Waals surface area contributed by atoms with E-state index in [-0.39, 0.29) is 12.5 Å². The van der Waals surface area contributed by atoms with Gasteiger partial charge in [0.2, 0.25) is 5.91 Å². The van der Waals surface area contributed by atoms with Gasteiger partial charge in [-0.3, -0.25) is 4.79 Å². The van der Waals surface area contributed by atoms with Gasteiger partial charge in [-0.25, -0.2) is 0 Å². The topological polar surface area (TPSA) is 89.4 Å². The van der Waals surface area contributed by atoms with Crippen LogP contribution in [0.5, 0.6) is 0 Å². The van der Waals surface area contributed by atoms with Crippen molar-refractivity contribution >= 4 is 12.2 Å². The third-order valence-corrected chi connectivity index (χ3v) is 2.61. The highest BCUT2D eigenvalue weighted by atomic mass is 16.2. The maximum atomic E-state index is 11.8. The number of carbonyl (C=O) groups is 2. The third-order valence-electron chi connectivity index (χ3n) is 2.61. The van der Waals surface area contributed by atoms with Crippen LogP contribution < -0.4 is 11.5 Å². The van der Waals surface area contributed by atoms with Gasteiger partial charge in [0.25, 0.3) is 0 Å². The fourth-order valence-electron chi connectivity index (χ4n) is 1.91. The Kier molecular flexibility index (Phi) is 6.99. The Morgan fingerprint density at radius 2 is 1.88 bits per heavy atom. The quantitative estimate of drug-likeness (QED) is 0.496. The predicted octanol–water partition coefficient (Wildman–Crippen LogP) is 0.269. The zero-order valence-corrected chi connectivity index (χ0v) is 11.1. The van der Waals surface area contributed by atoms with Gasteiger partial charge in [0.1, 0.15) is 6.29 Å². The molecule has 0 aromatic heterocycles. The van der Waals surface area contributed by atoms with Crippen molar-refractivity contribution in [1.82, 2.24) is 4.90 Å². The van der Waals surface area contributed by atoms with Gasteiger partial charge in [-0.2, -0.15) is 0 Å². The van der Waals surface area contributed by atoms with Crippen LogP contribution in [-0.2, 0) is 9.59 Å². The SMILES string of the molecule is CC(C)(C)N(C(=O)CN)[C@H](C=O)CCCCN. The molecule has 0 aromatic carbocycles. The van der Waals surface area contributed by atoms with E-state index >= 15 is 0 Å². The molecule has 0 rings (SSSR count).